The Labute approximate surface area is 110 Å². The maximum atomic E-state index is 12.2. The van der Waals surface area contributed by atoms with Crippen LogP contribution in [0.25, 0.3) is 0 Å². The molecule has 0 radical (unpaired) electrons. The molecule has 0 spiro atoms. The molecule has 3 N–H and O–H groups in total. The third kappa shape index (κ3) is 3.45. The molecule has 1 aliphatic heterocycles. The Morgan fingerprint density at radius 2 is 2.22 bits per heavy atom. The second-order valence-corrected chi connectivity index (χ2v) is 6.11. The molecular formula is C14H26N2O2. The van der Waals surface area contributed by atoms with Crippen molar-refractivity contribution in [3.63, 3.8) is 0 Å². The van der Waals surface area contributed by atoms with E-state index in [9.17, 15) is 9.90 Å². The van der Waals surface area contributed by atoms with E-state index >= 15 is 0 Å². The molecule has 18 heavy (non-hydrogen) atoms. The van der Waals surface area contributed by atoms with Gasteiger partial charge in [-0.25, -0.2) is 0 Å². The van der Waals surface area contributed by atoms with Gasteiger partial charge in [-0.15, -0.1) is 0 Å². The van der Waals surface area contributed by atoms with Crippen LogP contribution in [0.15, 0.2) is 0 Å². The van der Waals surface area contributed by atoms with Gasteiger partial charge in [-0.2, -0.15) is 0 Å². The number of carbonyl (C=O) groups excluding carboxylic acids is 1. The summed E-state index contributed by atoms with van der Waals surface area (Å²) in [6.07, 6.45) is 7.01. The van der Waals surface area contributed by atoms with Gasteiger partial charge in [-0.3, -0.25) is 4.79 Å². The van der Waals surface area contributed by atoms with E-state index in [0.717, 1.165) is 51.5 Å². The number of aliphatic hydroxyl groups excluding tert-OH is 1. The van der Waals surface area contributed by atoms with Gasteiger partial charge < -0.3 is 15.7 Å². The van der Waals surface area contributed by atoms with Crippen molar-refractivity contribution in [3.8, 4) is 0 Å². The number of carbonyl (C=O) groups is 1. The van der Waals surface area contributed by atoms with Crippen LogP contribution >= 0.6 is 0 Å². The summed E-state index contributed by atoms with van der Waals surface area (Å²) in [5.74, 6) is 0.576. The highest BCUT2D eigenvalue weighted by Crippen LogP contribution is 2.24. The van der Waals surface area contributed by atoms with Crippen LogP contribution in [0.3, 0.4) is 0 Å². The van der Waals surface area contributed by atoms with E-state index in [1.54, 1.807) is 0 Å². The predicted octanol–water partition coefficient (Wildman–Crippen LogP) is 1.19. The average molecular weight is 254 g/mol. The van der Waals surface area contributed by atoms with Gasteiger partial charge in [-0.05, 0) is 57.9 Å². The minimum absolute atomic E-state index is 0.127. The SMILES string of the molecule is CC1(C(=O)NCC2CCCC(O)C2)CCCCN1. The molecule has 1 saturated carbocycles. The third-order valence-corrected chi connectivity index (χ3v) is 4.43. The summed E-state index contributed by atoms with van der Waals surface area (Å²) in [7, 11) is 0. The van der Waals surface area contributed by atoms with Crippen molar-refractivity contribution in [3.05, 3.63) is 0 Å². The van der Waals surface area contributed by atoms with Gasteiger partial charge in [0.15, 0.2) is 0 Å². The quantitative estimate of drug-likeness (QED) is 0.709. The second-order valence-electron chi connectivity index (χ2n) is 6.11. The first-order chi connectivity index (χ1) is 8.60. The van der Waals surface area contributed by atoms with Gasteiger partial charge in [-0.1, -0.05) is 6.42 Å². The zero-order chi connectivity index (χ0) is 13.0. The summed E-state index contributed by atoms with van der Waals surface area (Å²) in [6, 6.07) is 0. The Morgan fingerprint density at radius 3 is 2.89 bits per heavy atom. The molecule has 1 amide bonds. The fourth-order valence-electron chi connectivity index (χ4n) is 3.13. The fourth-order valence-corrected chi connectivity index (χ4v) is 3.13. The standard InChI is InChI=1S/C14H26N2O2/c1-14(7-2-3-8-16-14)13(18)15-10-11-5-4-6-12(17)9-11/h11-12,16-17H,2-10H2,1H3,(H,15,18). The zero-order valence-corrected chi connectivity index (χ0v) is 11.4. The van der Waals surface area contributed by atoms with Gasteiger partial charge in [0, 0.05) is 6.54 Å². The molecule has 1 aliphatic carbocycles. The van der Waals surface area contributed by atoms with E-state index in [1.165, 1.54) is 0 Å². The Bertz CT molecular complexity index is 288. The smallest absolute Gasteiger partial charge is 0.240 e. The van der Waals surface area contributed by atoms with Crippen LogP contribution in [0.5, 0.6) is 0 Å². The van der Waals surface area contributed by atoms with Crippen LogP contribution in [0.4, 0.5) is 0 Å². The number of rotatable bonds is 3. The highest BCUT2D eigenvalue weighted by molar-refractivity contribution is 5.85. The van der Waals surface area contributed by atoms with Crippen molar-refractivity contribution >= 4 is 5.91 Å². The molecule has 0 aromatic heterocycles. The van der Waals surface area contributed by atoms with Crippen molar-refractivity contribution in [1.29, 1.82) is 0 Å². The van der Waals surface area contributed by atoms with E-state index in [1.807, 2.05) is 6.92 Å². The molecule has 4 heteroatoms. The van der Waals surface area contributed by atoms with Crippen molar-refractivity contribution in [2.75, 3.05) is 13.1 Å². The molecular weight excluding hydrogens is 228 g/mol. The number of hydrogen-bond acceptors (Lipinski definition) is 3. The lowest BCUT2D eigenvalue weighted by Crippen LogP contribution is -2.57. The lowest BCUT2D eigenvalue weighted by Gasteiger charge is -2.34. The summed E-state index contributed by atoms with van der Waals surface area (Å²) in [6.45, 7) is 3.65. The van der Waals surface area contributed by atoms with Crippen LogP contribution in [-0.4, -0.2) is 35.7 Å². The highest BCUT2D eigenvalue weighted by atomic mass is 16.3. The molecule has 0 bridgehead atoms. The van der Waals surface area contributed by atoms with Crippen LogP contribution in [0, 0.1) is 5.92 Å². The van der Waals surface area contributed by atoms with E-state index in [4.69, 9.17) is 0 Å². The topological polar surface area (TPSA) is 61.4 Å². The summed E-state index contributed by atoms with van der Waals surface area (Å²) >= 11 is 0. The lowest BCUT2D eigenvalue weighted by atomic mass is 9.86. The van der Waals surface area contributed by atoms with Crippen molar-refractivity contribution in [1.82, 2.24) is 10.6 Å². The molecule has 3 atom stereocenters. The molecule has 0 aromatic rings. The molecule has 3 unspecified atom stereocenters. The first kappa shape index (κ1) is 13.8. The summed E-state index contributed by atoms with van der Waals surface area (Å²) in [5.41, 5.74) is -0.383. The normalized spacial score (nSPS) is 37.2. The minimum atomic E-state index is -0.383. The van der Waals surface area contributed by atoms with Crippen molar-refractivity contribution < 1.29 is 9.90 Å². The molecule has 2 rings (SSSR count). The van der Waals surface area contributed by atoms with Gasteiger partial charge in [0.05, 0.1) is 11.6 Å². The van der Waals surface area contributed by atoms with E-state index < -0.39 is 0 Å². The highest BCUT2D eigenvalue weighted by Gasteiger charge is 2.34. The molecule has 4 nitrogen and oxygen atoms in total. The van der Waals surface area contributed by atoms with E-state index in [0.29, 0.717) is 12.5 Å². The first-order valence-electron chi connectivity index (χ1n) is 7.31. The first-order valence-corrected chi connectivity index (χ1v) is 7.31. The van der Waals surface area contributed by atoms with E-state index in [-0.39, 0.29) is 17.6 Å². The number of piperidine rings is 1. The van der Waals surface area contributed by atoms with Gasteiger partial charge in [0.2, 0.25) is 5.91 Å². The van der Waals surface area contributed by atoms with Crippen molar-refractivity contribution in [2.24, 2.45) is 5.92 Å². The maximum Gasteiger partial charge on any atom is 0.240 e. The fraction of sp³-hybridized carbons (Fsp3) is 0.929. The Kier molecular flexibility index (Phi) is 4.62. The number of aliphatic hydroxyl groups is 1. The molecule has 2 fully saturated rings. The van der Waals surface area contributed by atoms with Crippen LogP contribution in [0.2, 0.25) is 0 Å². The largest absolute Gasteiger partial charge is 0.393 e. The number of amides is 1. The number of nitrogens with one attached hydrogen (secondary N) is 2. The molecule has 1 saturated heterocycles. The zero-order valence-electron chi connectivity index (χ0n) is 11.4. The van der Waals surface area contributed by atoms with Crippen LogP contribution in [0.1, 0.15) is 51.9 Å². The molecule has 0 aromatic carbocycles. The maximum absolute atomic E-state index is 12.2. The van der Waals surface area contributed by atoms with E-state index in [2.05, 4.69) is 10.6 Å². The molecule has 2 aliphatic rings. The second kappa shape index (κ2) is 6.02. The lowest BCUT2D eigenvalue weighted by molar-refractivity contribution is -0.128. The summed E-state index contributed by atoms with van der Waals surface area (Å²) in [4.78, 5) is 12.2. The van der Waals surface area contributed by atoms with Crippen LogP contribution < -0.4 is 10.6 Å². The third-order valence-electron chi connectivity index (χ3n) is 4.43. The molecule has 1 heterocycles. The monoisotopic (exact) mass is 254 g/mol. The Balaban J connectivity index is 1.76. The average Bonchev–Trinajstić information content (AvgIpc) is 2.37. The van der Waals surface area contributed by atoms with Gasteiger partial charge in [0.1, 0.15) is 0 Å². The van der Waals surface area contributed by atoms with Gasteiger partial charge >= 0.3 is 0 Å². The van der Waals surface area contributed by atoms with Gasteiger partial charge in [0.25, 0.3) is 0 Å². The van der Waals surface area contributed by atoms with Crippen molar-refractivity contribution in [2.45, 2.75) is 63.5 Å². The minimum Gasteiger partial charge on any atom is -0.393 e. The summed E-state index contributed by atoms with van der Waals surface area (Å²) < 4.78 is 0. The van der Waals surface area contributed by atoms with Crippen LogP contribution in [-0.2, 0) is 4.79 Å². The molecule has 104 valence electrons. The summed E-state index contributed by atoms with van der Waals surface area (Å²) in [5, 5.41) is 16.0. The Morgan fingerprint density at radius 1 is 1.39 bits per heavy atom. The number of hydrogen-bond donors (Lipinski definition) is 3. The predicted molar refractivity (Wildman–Crippen MR) is 71.2 cm³/mol. The Hall–Kier alpha value is -0.610.